The molecule has 0 aliphatic carbocycles. The second-order valence-electron chi connectivity index (χ2n) is 5.47. The molecular formula is C14H22N4O2. The molecule has 1 aliphatic rings. The van der Waals surface area contributed by atoms with Crippen LogP contribution in [0.2, 0.25) is 0 Å². The Balaban J connectivity index is 2.22. The first kappa shape index (κ1) is 14.7. The van der Waals surface area contributed by atoms with E-state index in [2.05, 4.69) is 16.8 Å². The number of hydrogen-bond acceptors (Lipinski definition) is 5. The van der Waals surface area contributed by atoms with E-state index >= 15 is 0 Å². The Morgan fingerprint density at radius 3 is 2.90 bits per heavy atom. The lowest BCUT2D eigenvalue weighted by Gasteiger charge is -2.39. The fraction of sp³-hybridized carbons (Fsp3) is 0.643. The number of anilines is 1. The molecule has 20 heavy (non-hydrogen) atoms. The van der Waals surface area contributed by atoms with Gasteiger partial charge in [0.2, 0.25) is 0 Å². The van der Waals surface area contributed by atoms with Gasteiger partial charge in [0.15, 0.2) is 0 Å². The molecule has 1 saturated heterocycles. The van der Waals surface area contributed by atoms with Crippen LogP contribution in [0.5, 0.6) is 0 Å². The van der Waals surface area contributed by atoms with Crippen molar-refractivity contribution in [3.63, 3.8) is 0 Å². The molecule has 1 aromatic rings. The molecule has 0 saturated carbocycles. The van der Waals surface area contributed by atoms with Crippen molar-refractivity contribution in [2.75, 3.05) is 18.0 Å². The molecule has 2 N–H and O–H groups in total. The minimum atomic E-state index is -0.393. The Kier molecular flexibility index (Phi) is 4.54. The number of hydrogen-bond donors (Lipinski definition) is 1. The summed E-state index contributed by atoms with van der Waals surface area (Å²) in [6.45, 7) is 5.47. The van der Waals surface area contributed by atoms with E-state index in [1.807, 2.05) is 0 Å². The summed E-state index contributed by atoms with van der Waals surface area (Å²) >= 11 is 0. The van der Waals surface area contributed by atoms with Gasteiger partial charge < -0.3 is 10.6 Å². The maximum Gasteiger partial charge on any atom is 0.290 e. The van der Waals surface area contributed by atoms with E-state index < -0.39 is 4.92 Å². The van der Waals surface area contributed by atoms with E-state index in [9.17, 15) is 10.1 Å². The molecule has 2 heterocycles. The summed E-state index contributed by atoms with van der Waals surface area (Å²) < 4.78 is 0. The number of pyridine rings is 1. The van der Waals surface area contributed by atoms with Gasteiger partial charge in [0.25, 0.3) is 5.69 Å². The smallest absolute Gasteiger partial charge is 0.290 e. The molecule has 1 fully saturated rings. The van der Waals surface area contributed by atoms with E-state index in [-0.39, 0.29) is 11.7 Å². The van der Waals surface area contributed by atoms with Crippen LogP contribution in [0, 0.1) is 23.0 Å². The van der Waals surface area contributed by atoms with Gasteiger partial charge in [0, 0.05) is 24.7 Å². The minimum absolute atomic E-state index is 0.0708. The fourth-order valence-electron chi connectivity index (χ4n) is 2.91. The SMILES string of the molecule is CCC1CCN(c2cc(C)c([N+](=O)[O-])cn2)C(CN)C1. The monoisotopic (exact) mass is 278 g/mol. The van der Waals surface area contributed by atoms with E-state index in [4.69, 9.17) is 5.73 Å². The molecule has 0 bridgehead atoms. The molecule has 0 aromatic carbocycles. The summed E-state index contributed by atoms with van der Waals surface area (Å²) in [4.78, 5) is 16.9. The zero-order chi connectivity index (χ0) is 14.7. The number of nitrogens with zero attached hydrogens (tertiary/aromatic N) is 3. The van der Waals surface area contributed by atoms with Gasteiger partial charge in [-0.2, -0.15) is 0 Å². The topological polar surface area (TPSA) is 85.3 Å². The first-order valence-electron chi connectivity index (χ1n) is 7.14. The molecule has 1 aliphatic heterocycles. The van der Waals surface area contributed by atoms with Crippen LogP contribution in [0.15, 0.2) is 12.3 Å². The van der Waals surface area contributed by atoms with E-state index in [1.165, 1.54) is 12.6 Å². The highest BCUT2D eigenvalue weighted by Crippen LogP contribution is 2.30. The van der Waals surface area contributed by atoms with Gasteiger partial charge in [-0.1, -0.05) is 13.3 Å². The van der Waals surface area contributed by atoms with E-state index in [0.717, 1.165) is 31.1 Å². The van der Waals surface area contributed by atoms with Crippen molar-refractivity contribution in [3.8, 4) is 0 Å². The average Bonchev–Trinajstić information content (AvgIpc) is 2.46. The third-order valence-corrected chi connectivity index (χ3v) is 4.23. The number of nitro groups is 1. The van der Waals surface area contributed by atoms with Gasteiger partial charge in [-0.3, -0.25) is 10.1 Å². The van der Waals surface area contributed by atoms with E-state index in [1.54, 1.807) is 13.0 Å². The number of rotatable bonds is 4. The molecule has 0 amide bonds. The largest absolute Gasteiger partial charge is 0.352 e. The number of piperidine rings is 1. The number of aryl methyl sites for hydroxylation is 1. The van der Waals surface area contributed by atoms with Crippen LogP contribution in [-0.2, 0) is 0 Å². The maximum absolute atomic E-state index is 10.8. The van der Waals surface area contributed by atoms with Gasteiger partial charge in [-0.25, -0.2) is 4.98 Å². The Bertz CT molecular complexity index is 492. The Hall–Kier alpha value is -1.69. The van der Waals surface area contributed by atoms with Crippen molar-refractivity contribution in [1.29, 1.82) is 0 Å². The predicted molar refractivity (Wildman–Crippen MR) is 78.8 cm³/mol. The lowest BCUT2D eigenvalue weighted by Crippen LogP contribution is -2.47. The average molecular weight is 278 g/mol. The van der Waals surface area contributed by atoms with Crippen molar-refractivity contribution in [2.45, 2.75) is 39.2 Å². The summed E-state index contributed by atoms with van der Waals surface area (Å²) in [7, 11) is 0. The normalized spacial score (nSPS) is 22.9. The number of aromatic nitrogens is 1. The number of nitrogens with two attached hydrogens (primary N) is 1. The van der Waals surface area contributed by atoms with Crippen LogP contribution in [0.1, 0.15) is 31.7 Å². The standard InChI is InChI=1S/C14H22N4O2/c1-3-11-4-5-17(12(7-11)8-15)14-6-10(2)13(9-16-14)18(19)20/h6,9,11-12H,3-5,7-8,15H2,1-2H3. The quantitative estimate of drug-likeness (QED) is 0.674. The van der Waals surface area contributed by atoms with Crippen LogP contribution in [0.3, 0.4) is 0 Å². The molecule has 110 valence electrons. The van der Waals surface area contributed by atoms with Crippen molar-refractivity contribution >= 4 is 11.5 Å². The Morgan fingerprint density at radius 2 is 2.35 bits per heavy atom. The molecule has 2 atom stereocenters. The lowest BCUT2D eigenvalue weighted by molar-refractivity contribution is -0.385. The van der Waals surface area contributed by atoms with Crippen molar-refractivity contribution in [1.82, 2.24) is 4.98 Å². The zero-order valence-corrected chi connectivity index (χ0v) is 12.1. The first-order chi connectivity index (χ1) is 9.56. The summed E-state index contributed by atoms with van der Waals surface area (Å²) in [6, 6.07) is 2.08. The summed E-state index contributed by atoms with van der Waals surface area (Å²) in [5, 5.41) is 10.8. The molecular weight excluding hydrogens is 256 g/mol. The van der Waals surface area contributed by atoms with Gasteiger partial charge in [-0.15, -0.1) is 0 Å². The molecule has 2 rings (SSSR count). The van der Waals surface area contributed by atoms with Gasteiger partial charge in [-0.05, 0) is 31.7 Å². The summed E-state index contributed by atoms with van der Waals surface area (Å²) in [5.41, 5.74) is 6.60. The van der Waals surface area contributed by atoms with Crippen LogP contribution < -0.4 is 10.6 Å². The van der Waals surface area contributed by atoms with Crippen molar-refractivity contribution in [2.24, 2.45) is 11.7 Å². The van der Waals surface area contributed by atoms with Gasteiger partial charge >= 0.3 is 0 Å². The highest BCUT2D eigenvalue weighted by molar-refractivity contribution is 5.49. The van der Waals surface area contributed by atoms with Crippen LogP contribution in [0.25, 0.3) is 0 Å². The highest BCUT2D eigenvalue weighted by Gasteiger charge is 2.28. The first-order valence-corrected chi connectivity index (χ1v) is 7.14. The van der Waals surface area contributed by atoms with Crippen LogP contribution in [0.4, 0.5) is 11.5 Å². The van der Waals surface area contributed by atoms with Crippen LogP contribution >= 0.6 is 0 Å². The van der Waals surface area contributed by atoms with Crippen molar-refractivity contribution < 1.29 is 4.92 Å². The Labute approximate surface area is 119 Å². The van der Waals surface area contributed by atoms with Gasteiger partial charge in [0.05, 0.1) is 4.92 Å². The molecule has 0 radical (unpaired) electrons. The third-order valence-electron chi connectivity index (χ3n) is 4.23. The maximum atomic E-state index is 10.8. The lowest BCUT2D eigenvalue weighted by atomic mass is 9.89. The van der Waals surface area contributed by atoms with E-state index in [0.29, 0.717) is 12.1 Å². The highest BCUT2D eigenvalue weighted by atomic mass is 16.6. The fourth-order valence-corrected chi connectivity index (χ4v) is 2.91. The van der Waals surface area contributed by atoms with Crippen LogP contribution in [-0.4, -0.2) is 29.0 Å². The summed E-state index contributed by atoms with van der Waals surface area (Å²) in [6.07, 6.45) is 4.73. The van der Waals surface area contributed by atoms with Gasteiger partial charge in [0.1, 0.15) is 12.0 Å². The molecule has 2 unspecified atom stereocenters. The minimum Gasteiger partial charge on any atom is -0.352 e. The third kappa shape index (κ3) is 2.90. The molecule has 1 aromatic heterocycles. The van der Waals surface area contributed by atoms with Crippen molar-refractivity contribution in [3.05, 3.63) is 27.9 Å². The summed E-state index contributed by atoms with van der Waals surface area (Å²) in [5.74, 6) is 1.53. The molecule has 6 nitrogen and oxygen atoms in total. The molecule has 0 spiro atoms. The Morgan fingerprint density at radius 1 is 1.60 bits per heavy atom. The second kappa shape index (κ2) is 6.17. The molecule has 6 heteroatoms. The predicted octanol–water partition coefficient (Wildman–Crippen LogP) is 2.25. The zero-order valence-electron chi connectivity index (χ0n) is 12.1. The second-order valence-corrected chi connectivity index (χ2v) is 5.47.